The van der Waals surface area contributed by atoms with Crippen LogP contribution in [0.25, 0.3) is 16.8 Å². The molecule has 5 rings (SSSR count). The van der Waals surface area contributed by atoms with E-state index in [2.05, 4.69) is 4.40 Å². The number of aromatic carboxylic acids is 1. The number of ether oxygens (including phenoxy) is 1. The van der Waals surface area contributed by atoms with E-state index in [0.29, 0.717) is 25.9 Å². The Kier molecular flexibility index (Phi) is 6.60. The van der Waals surface area contributed by atoms with E-state index < -0.39 is 5.97 Å². The average Bonchev–Trinajstić information content (AvgIpc) is 3.29. The summed E-state index contributed by atoms with van der Waals surface area (Å²) in [6, 6.07) is 16.4. The number of carboxylic acids is 1. The molecule has 0 atom stereocenters. The van der Waals surface area contributed by atoms with Crippen molar-refractivity contribution < 1.29 is 19.4 Å². The Hall–Kier alpha value is -3.55. The molecule has 1 aliphatic heterocycles. The summed E-state index contributed by atoms with van der Waals surface area (Å²) in [7, 11) is 1.64. The highest BCUT2D eigenvalue weighted by molar-refractivity contribution is 6.42. The molecule has 7 nitrogen and oxygen atoms in total. The highest BCUT2D eigenvalue weighted by Crippen LogP contribution is 2.35. The molecule has 0 aliphatic carbocycles. The summed E-state index contributed by atoms with van der Waals surface area (Å²) >= 11 is 12.1. The lowest BCUT2D eigenvalue weighted by atomic mass is 9.95. The number of carboxylic acid groups (broad SMARTS) is 1. The first-order valence-electron chi connectivity index (χ1n) is 11.5. The fraction of sp³-hybridized carbons (Fsp3) is 0.222. The Labute approximate surface area is 217 Å². The second-order valence-electron chi connectivity index (χ2n) is 8.69. The van der Waals surface area contributed by atoms with Gasteiger partial charge in [0.25, 0.3) is 5.91 Å². The first-order chi connectivity index (χ1) is 17.4. The van der Waals surface area contributed by atoms with Crippen LogP contribution in [0.4, 0.5) is 0 Å². The lowest BCUT2D eigenvalue weighted by Crippen LogP contribution is -2.38. The van der Waals surface area contributed by atoms with Crippen molar-refractivity contribution in [2.45, 2.75) is 18.8 Å². The zero-order valence-electron chi connectivity index (χ0n) is 19.4. The maximum atomic E-state index is 13.2. The largest absolute Gasteiger partial charge is 0.497 e. The number of hydrogen-bond acceptors (Lipinski definition) is 4. The third kappa shape index (κ3) is 4.40. The Morgan fingerprint density at radius 1 is 1.00 bits per heavy atom. The summed E-state index contributed by atoms with van der Waals surface area (Å²) < 4.78 is 7.50. The topological polar surface area (TPSA) is 84.1 Å². The average molecular weight is 524 g/mol. The van der Waals surface area contributed by atoms with Gasteiger partial charge in [-0.3, -0.25) is 4.79 Å². The monoisotopic (exact) mass is 523 g/mol. The lowest BCUT2D eigenvalue weighted by Gasteiger charge is -2.32. The molecule has 4 aromatic rings. The Morgan fingerprint density at radius 3 is 2.42 bits per heavy atom. The molecule has 1 N–H and O–H groups in total. The number of nitrogens with zero attached hydrogens (tertiary/aromatic N) is 3. The molecule has 9 heteroatoms. The number of likely N-dealkylation sites (tertiary alicyclic amines) is 1. The zero-order valence-corrected chi connectivity index (χ0v) is 21.0. The van der Waals surface area contributed by atoms with Crippen molar-refractivity contribution in [2.75, 3.05) is 20.2 Å². The number of carbonyl (C=O) groups is 2. The van der Waals surface area contributed by atoms with Gasteiger partial charge in [-0.1, -0.05) is 41.4 Å². The molecule has 0 radical (unpaired) electrons. The molecule has 0 bridgehead atoms. The van der Waals surface area contributed by atoms with Crippen LogP contribution in [0.15, 0.2) is 60.8 Å². The van der Waals surface area contributed by atoms with Crippen LogP contribution in [-0.4, -0.2) is 51.5 Å². The summed E-state index contributed by atoms with van der Waals surface area (Å²) in [4.78, 5) is 31.6. The predicted molar refractivity (Wildman–Crippen MR) is 138 cm³/mol. The Morgan fingerprint density at radius 2 is 1.72 bits per heavy atom. The molecule has 0 saturated carbocycles. The van der Waals surface area contributed by atoms with Gasteiger partial charge in [-0.15, -0.1) is 0 Å². The van der Waals surface area contributed by atoms with Gasteiger partial charge >= 0.3 is 5.97 Å². The number of amides is 1. The minimum absolute atomic E-state index is 0.0434. The number of pyridine rings is 1. The van der Waals surface area contributed by atoms with Crippen molar-refractivity contribution in [3.05, 3.63) is 87.8 Å². The number of methoxy groups -OCH3 is 1. The van der Waals surface area contributed by atoms with Crippen molar-refractivity contribution in [1.29, 1.82) is 0 Å². The summed E-state index contributed by atoms with van der Waals surface area (Å²) in [5, 5.41) is 9.80. The minimum atomic E-state index is -1.22. The van der Waals surface area contributed by atoms with E-state index in [1.165, 1.54) is 12.1 Å². The fourth-order valence-electron chi connectivity index (χ4n) is 4.74. The maximum absolute atomic E-state index is 13.2. The number of piperidine rings is 1. The van der Waals surface area contributed by atoms with E-state index in [-0.39, 0.29) is 33.0 Å². The third-order valence-corrected chi connectivity index (χ3v) is 7.31. The smallest absolute Gasteiger partial charge is 0.336 e. The van der Waals surface area contributed by atoms with Gasteiger partial charge < -0.3 is 19.1 Å². The second kappa shape index (κ2) is 9.84. The van der Waals surface area contributed by atoms with Crippen LogP contribution >= 0.6 is 23.2 Å². The summed E-state index contributed by atoms with van der Waals surface area (Å²) in [6.07, 6.45) is 3.40. The molecular formula is C27H23Cl2N3O4. The van der Waals surface area contributed by atoms with Crippen LogP contribution in [0.5, 0.6) is 5.75 Å². The summed E-state index contributed by atoms with van der Waals surface area (Å²) in [5.41, 5.74) is 2.74. The quantitative estimate of drug-likeness (QED) is 0.345. The van der Waals surface area contributed by atoms with Crippen LogP contribution in [-0.2, 0) is 0 Å². The first kappa shape index (κ1) is 24.2. The van der Waals surface area contributed by atoms with Gasteiger partial charge in [-0.25, -0.2) is 9.78 Å². The molecule has 1 aliphatic rings. The van der Waals surface area contributed by atoms with Crippen molar-refractivity contribution in [3.63, 3.8) is 0 Å². The number of hydrogen-bond donors (Lipinski definition) is 1. The number of benzene rings is 2. The second-order valence-corrected chi connectivity index (χ2v) is 9.50. The van der Waals surface area contributed by atoms with E-state index >= 15 is 0 Å². The third-order valence-electron chi connectivity index (χ3n) is 6.59. The van der Waals surface area contributed by atoms with E-state index in [1.807, 2.05) is 48.7 Å². The molecule has 1 saturated heterocycles. The lowest BCUT2D eigenvalue weighted by molar-refractivity contribution is 0.0661. The summed E-state index contributed by atoms with van der Waals surface area (Å²) in [5.74, 6) is 0.253. The van der Waals surface area contributed by atoms with Gasteiger partial charge in [0.15, 0.2) is 0 Å². The SMILES string of the molecule is COc1cccc(-c2nc(C3CCN(C(=O)c4cc(Cl)c(Cl)cc4C(=O)O)CC3)n3ccccc23)c1. The zero-order chi connectivity index (χ0) is 25.4. The first-order valence-corrected chi connectivity index (χ1v) is 12.3. The van der Waals surface area contributed by atoms with Crippen molar-refractivity contribution in [1.82, 2.24) is 14.3 Å². The Balaban J connectivity index is 1.41. The van der Waals surface area contributed by atoms with Gasteiger partial charge in [0.05, 0.1) is 39.5 Å². The molecule has 1 amide bonds. The number of aromatic nitrogens is 2. The van der Waals surface area contributed by atoms with Gasteiger partial charge in [0.1, 0.15) is 11.6 Å². The summed E-state index contributed by atoms with van der Waals surface area (Å²) in [6.45, 7) is 0.943. The van der Waals surface area contributed by atoms with Crippen molar-refractivity contribution in [2.24, 2.45) is 0 Å². The van der Waals surface area contributed by atoms with Crippen molar-refractivity contribution >= 4 is 40.6 Å². The van der Waals surface area contributed by atoms with Crippen molar-refractivity contribution in [3.8, 4) is 17.0 Å². The molecule has 1 fully saturated rings. The van der Waals surface area contributed by atoms with Crippen LogP contribution in [0.3, 0.4) is 0 Å². The number of imidazole rings is 1. The van der Waals surface area contributed by atoms with Gasteiger partial charge in [0, 0.05) is 30.8 Å². The molecule has 3 heterocycles. The molecule has 2 aromatic heterocycles. The van der Waals surface area contributed by atoms with E-state index in [0.717, 1.165) is 28.3 Å². The van der Waals surface area contributed by atoms with Gasteiger partial charge in [0.2, 0.25) is 0 Å². The molecule has 0 unspecified atom stereocenters. The molecule has 184 valence electrons. The minimum Gasteiger partial charge on any atom is -0.497 e. The van der Waals surface area contributed by atoms with Crippen LogP contribution < -0.4 is 4.74 Å². The normalized spacial score (nSPS) is 14.2. The molecular weight excluding hydrogens is 501 g/mol. The van der Waals surface area contributed by atoms with Gasteiger partial charge in [-0.05, 0) is 49.2 Å². The highest BCUT2D eigenvalue weighted by Gasteiger charge is 2.30. The van der Waals surface area contributed by atoms with E-state index in [1.54, 1.807) is 12.0 Å². The van der Waals surface area contributed by atoms with Crippen LogP contribution in [0, 0.1) is 0 Å². The Bertz CT molecular complexity index is 1480. The molecule has 36 heavy (non-hydrogen) atoms. The standard InChI is InChI=1S/C27H23Cl2N3O4/c1-36-18-6-4-5-17(13-18)24-23-7-2-3-10-32(23)25(30-24)16-8-11-31(12-9-16)26(33)19-14-21(28)22(29)15-20(19)27(34)35/h2-7,10,13-16H,8-9,11-12H2,1H3,(H,34,35). The number of fused-ring (bicyclic) bond motifs is 1. The maximum Gasteiger partial charge on any atom is 0.336 e. The predicted octanol–water partition coefficient (Wildman–Crippen LogP) is 6.03. The number of rotatable bonds is 5. The number of carbonyl (C=O) groups excluding carboxylic acids is 1. The van der Waals surface area contributed by atoms with E-state index in [9.17, 15) is 14.7 Å². The fourth-order valence-corrected chi connectivity index (χ4v) is 5.07. The van der Waals surface area contributed by atoms with Crippen LogP contribution in [0.1, 0.15) is 45.3 Å². The van der Waals surface area contributed by atoms with Crippen LogP contribution in [0.2, 0.25) is 10.0 Å². The molecule has 2 aromatic carbocycles. The van der Waals surface area contributed by atoms with E-state index in [4.69, 9.17) is 32.9 Å². The molecule has 0 spiro atoms. The number of halogens is 2. The van der Waals surface area contributed by atoms with Gasteiger partial charge in [-0.2, -0.15) is 0 Å². The highest BCUT2D eigenvalue weighted by atomic mass is 35.5.